The number of nitrogens with one attached hydrogen (secondary N) is 1. The Kier molecular flexibility index (Phi) is 10.3. The fourth-order valence-electron chi connectivity index (χ4n) is 1.97. The number of para-hydroxylation sites is 1. The number of nitrogens with two attached hydrogens (primary N) is 1. The molecule has 4 heteroatoms. The number of hydrogen-bond acceptors (Lipinski definition) is 3. The van der Waals surface area contributed by atoms with E-state index in [1.165, 1.54) is 38.5 Å². The van der Waals surface area contributed by atoms with Gasteiger partial charge in [0.05, 0.1) is 17.0 Å². The molecular formula is C18H27ClN2O. The largest absolute Gasteiger partial charge is 0.449 e. The highest BCUT2D eigenvalue weighted by atomic mass is 35.5. The highest BCUT2D eigenvalue weighted by Crippen LogP contribution is 2.24. The Hall–Kier alpha value is -1.45. The van der Waals surface area contributed by atoms with E-state index in [-0.39, 0.29) is 0 Å². The Balaban J connectivity index is 0.000000239. The zero-order valence-corrected chi connectivity index (χ0v) is 14.1. The lowest BCUT2D eigenvalue weighted by atomic mass is 10.1. The number of benzene rings is 1. The van der Waals surface area contributed by atoms with Crippen LogP contribution >= 0.6 is 11.6 Å². The van der Waals surface area contributed by atoms with Gasteiger partial charge in [-0.05, 0) is 31.2 Å². The summed E-state index contributed by atoms with van der Waals surface area (Å²) in [6, 6.07) is 11.2. The molecule has 122 valence electrons. The van der Waals surface area contributed by atoms with Gasteiger partial charge in [-0.25, -0.2) is 0 Å². The first-order valence-corrected chi connectivity index (χ1v) is 8.40. The van der Waals surface area contributed by atoms with Gasteiger partial charge in [-0.15, -0.1) is 0 Å². The van der Waals surface area contributed by atoms with Crippen molar-refractivity contribution < 1.29 is 4.42 Å². The molecule has 0 unspecified atom stereocenters. The molecule has 3 N–H and O–H groups in total. The molecule has 0 saturated carbocycles. The number of furan rings is 1. The fourth-order valence-corrected chi connectivity index (χ4v) is 2.15. The second-order valence-electron chi connectivity index (χ2n) is 5.14. The van der Waals surface area contributed by atoms with E-state index < -0.39 is 0 Å². The number of halogens is 1. The van der Waals surface area contributed by atoms with Crippen LogP contribution in [-0.4, -0.2) is 6.54 Å². The van der Waals surface area contributed by atoms with Gasteiger partial charge in [-0.2, -0.15) is 0 Å². The minimum absolute atomic E-state index is 0.680. The molecule has 1 aromatic heterocycles. The molecule has 0 saturated heterocycles. The van der Waals surface area contributed by atoms with E-state index in [1.807, 2.05) is 36.4 Å². The summed E-state index contributed by atoms with van der Waals surface area (Å²) in [5, 5.41) is 3.73. The summed E-state index contributed by atoms with van der Waals surface area (Å²) in [4.78, 5) is 0. The summed E-state index contributed by atoms with van der Waals surface area (Å²) in [5.74, 6) is 0.688. The van der Waals surface area contributed by atoms with Crippen molar-refractivity contribution in [1.29, 1.82) is 0 Å². The van der Waals surface area contributed by atoms with E-state index in [0.717, 1.165) is 12.2 Å². The number of unbranched alkanes of at least 4 members (excludes halogenated alkanes) is 5. The molecule has 0 aliphatic heterocycles. The van der Waals surface area contributed by atoms with Gasteiger partial charge in [-0.1, -0.05) is 62.8 Å². The van der Waals surface area contributed by atoms with Gasteiger partial charge in [0.1, 0.15) is 0 Å². The molecule has 0 fully saturated rings. The third kappa shape index (κ3) is 8.11. The molecular weight excluding hydrogens is 296 g/mol. The van der Waals surface area contributed by atoms with Crippen molar-refractivity contribution in [3.8, 4) is 0 Å². The average Bonchev–Trinajstić information content (AvgIpc) is 3.03. The number of rotatable bonds is 8. The molecule has 0 atom stereocenters. The monoisotopic (exact) mass is 322 g/mol. The maximum Gasteiger partial charge on any atom is 0.197 e. The van der Waals surface area contributed by atoms with E-state index in [9.17, 15) is 0 Å². The maximum atomic E-state index is 5.94. The topological polar surface area (TPSA) is 51.2 Å². The number of anilines is 2. The van der Waals surface area contributed by atoms with Crippen LogP contribution in [0.5, 0.6) is 0 Å². The van der Waals surface area contributed by atoms with E-state index in [1.54, 1.807) is 6.26 Å². The zero-order valence-electron chi connectivity index (χ0n) is 13.4. The van der Waals surface area contributed by atoms with Crippen LogP contribution in [0.2, 0.25) is 5.02 Å². The molecule has 0 spiro atoms. The lowest BCUT2D eigenvalue weighted by molar-refractivity contribution is 0.585. The smallest absolute Gasteiger partial charge is 0.197 e. The quantitative estimate of drug-likeness (QED) is 0.587. The van der Waals surface area contributed by atoms with Crippen molar-refractivity contribution >= 4 is 23.2 Å². The summed E-state index contributed by atoms with van der Waals surface area (Å²) in [5.41, 5.74) is 6.19. The summed E-state index contributed by atoms with van der Waals surface area (Å²) < 4.78 is 5.12. The summed E-state index contributed by atoms with van der Waals surface area (Å²) in [6.45, 7) is 3.11. The van der Waals surface area contributed by atoms with Gasteiger partial charge >= 0.3 is 0 Å². The molecule has 1 heterocycles. The lowest BCUT2D eigenvalue weighted by Crippen LogP contribution is -1.97. The highest BCUT2D eigenvalue weighted by molar-refractivity contribution is 6.33. The molecule has 1 aromatic carbocycles. The van der Waals surface area contributed by atoms with Crippen molar-refractivity contribution in [2.45, 2.75) is 45.4 Å². The van der Waals surface area contributed by atoms with E-state index in [4.69, 9.17) is 21.8 Å². The first-order chi connectivity index (χ1) is 10.8. The van der Waals surface area contributed by atoms with E-state index in [2.05, 4.69) is 12.2 Å². The van der Waals surface area contributed by atoms with Gasteiger partial charge < -0.3 is 15.5 Å². The van der Waals surface area contributed by atoms with Crippen LogP contribution in [0.1, 0.15) is 45.4 Å². The normalized spacial score (nSPS) is 9.95. The first-order valence-electron chi connectivity index (χ1n) is 8.03. The molecule has 0 bridgehead atoms. The Morgan fingerprint density at radius 1 is 1.00 bits per heavy atom. The summed E-state index contributed by atoms with van der Waals surface area (Å²) in [6.07, 6.45) is 9.66. The van der Waals surface area contributed by atoms with E-state index in [0.29, 0.717) is 10.9 Å². The van der Waals surface area contributed by atoms with Crippen LogP contribution in [0.3, 0.4) is 0 Å². The Labute approximate surface area is 138 Å². The summed E-state index contributed by atoms with van der Waals surface area (Å²) in [7, 11) is 0. The van der Waals surface area contributed by atoms with Crippen molar-refractivity contribution in [2.24, 2.45) is 5.73 Å². The average molecular weight is 323 g/mol. The summed E-state index contributed by atoms with van der Waals surface area (Å²) >= 11 is 5.94. The van der Waals surface area contributed by atoms with Crippen LogP contribution in [0.25, 0.3) is 0 Å². The highest BCUT2D eigenvalue weighted by Gasteiger charge is 1.99. The molecule has 3 nitrogen and oxygen atoms in total. The second-order valence-corrected chi connectivity index (χ2v) is 5.55. The minimum Gasteiger partial charge on any atom is -0.449 e. The van der Waals surface area contributed by atoms with Crippen LogP contribution < -0.4 is 11.1 Å². The van der Waals surface area contributed by atoms with Crippen molar-refractivity contribution in [2.75, 3.05) is 11.9 Å². The van der Waals surface area contributed by atoms with Crippen LogP contribution in [0.15, 0.2) is 47.1 Å². The van der Waals surface area contributed by atoms with Gasteiger partial charge in [0.2, 0.25) is 0 Å². The third-order valence-electron chi connectivity index (χ3n) is 3.21. The number of hydrogen-bond donors (Lipinski definition) is 2. The predicted molar refractivity (Wildman–Crippen MR) is 95.9 cm³/mol. The van der Waals surface area contributed by atoms with E-state index >= 15 is 0 Å². The van der Waals surface area contributed by atoms with Crippen molar-refractivity contribution in [1.82, 2.24) is 0 Å². The Morgan fingerprint density at radius 2 is 1.73 bits per heavy atom. The van der Waals surface area contributed by atoms with Crippen LogP contribution in [0.4, 0.5) is 11.6 Å². The van der Waals surface area contributed by atoms with Crippen LogP contribution in [0, 0.1) is 0 Å². The Morgan fingerprint density at radius 3 is 2.36 bits per heavy atom. The molecule has 0 aliphatic carbocycles. The molecule has 2 aromatic rings. The molecule has 22 heavy (non-hydrogen) atoms. The van der Waals surface area contributed by atoms with Crippen molar-refractivity contribution in [3.05, 3.63) is 47.7 Å². The lowest BCUT2D eigenvalue weighted by Gasteiger charge is -2.03. The molecule has 0 aliphatic rings. The standard InChI is InChI=1S/C10H8ClNO.C8H19N/c11-8-4-1-2-5-9(8)12-10-6-3-7-13-10;1-2-3-4-5-6-7-8-9/h1-7,12H;2-9H2,1H3. The van der Waals surface area contributed by atoms with Crippen molar-refractivity contribution in [3.63, 3.8) is 0 Å². The molecule has 0 amide bonds. The van der Waals surface area contributed by atoms with Gasteiger partial charge in [-0.3, -0.25) is 0 Å². The van der Waals surface area contributed by atoms with Gasteiger partial charge in [0, 0.05) is 6.07 Å². The SMILES string of the molecule is CCCCCCCCN.Clc1ccccc1Nc1ccco1. The molecule has 0 radical (unpaired) electrons. The molecule has 2 rings (SSSR count). The second kappa shape index (κ2) is 12.1. The van der Waals surface area contributed by atoms with Gasteiger partial charge in [0.25, 0.3) is 0 Å². The minimum atomic E-state index is 0.680. The third-order valence-corrected chi connectivity index (χ3v) is 3.54. The maximum absolute atomic E-state index is 5.94. The van der Waals surface area contributed by atoms with Crippen LogP contribution in [-0.2, 0) is 0 Å². The first kappa shape index (κ1) is 18.6. The zero-order chi connectivity index (χ0) is 16.0. The fraction of sp³-hybridized carbons (Fsp3) is 0.444. The van der Waals surface area contributed by atoms with Gasteiger partial charge in [0.15, 0.2) is 5.88 Å². The predicted octanol–water partition coefficient (Wildman–Crippen LogP) is 5.98. The Bertz CT molecular complexity index is 480.